The molecule has 133 heavy (non-hydrogen) atoms. The number of aliphatic hydroxyl groups is 2. The number of fused-ring (bicyclic) bond motifs is 6. The molecule has 12 aromatic heterocycles. The van der Waals surface area contributed by atoms with Crippen LogP contribution in [0.4, 0.5) is 60.0 Å². The highest BCUT2D eigenvalue weighted by Gasteiger charge is 2.48. The summed E-state index contributed by atoms with van der Waals surface area (Å²) < 4.78 is 51.0. The molecule has 5 aromatic carbocycles. The number of halogens is 5. The van der Waals surface area contributed by atoms with E-state index in [2.05, 4.69) is 175 Å². The van der Waals surface area contributed by atoms with Gasteiger partial charge in [-0.25, -0.2) is 19.3 Å². The number of imidazole rings is 3. The summed E-state index contributed by atoms with van der Waals surface area (Å²) in [7, 11) is 11.1. The van der Waals surface area contributed by atoms with Crippen molar-refractivity contribution in [2.75, 3.05) is 68.9 Å². The van der Waals surface area contributed by atoms with Crippen LogP contribution in [0.15, 0.2) is 183 Å². The van der Waals surface area contributed by atoms with Crippen LogP contribution in [0.3, 0.4) is 0 Å². The van der Waals surface area contributed by atoms with E-state index in [0.29, 0.717) is 108 Å². The molecule has 4 saturated carbocycles. The molecule has 692 valence electrons. The lowest BCUT2D eigenvalue weighted by atomic mass is 9.52. The molecule has 0 unspecified atom stereocenters. The molecule has 9 N–H and O–H groups in total. The van der Waals surface area contributed by atoms with Crippen molar-refractivity contribution in [2.24, 2.45) is 64.8 Å². The zero-order chi connectivity index (χ0) is 93.3. The second-order valence-electron chi connectivity index (χ2n) is 33.9. The number of rotatable bonds is 27. The number of aromatic nitrogens is 23. The smallest absolute Gasteiger partial charge is 0.312 e. The lowest BCUT2D eigenvalue weighted by Gasteiger charge is -2.54. The Morgan fingerprint density at radius 1 is 0.481 bits per heavy atom. The molecular weight excluding hydrogens is 1740 g/mol. The minimum atomic E-state index is -0.815. The molecule has 12 heterocycles. The van der Waals surface area contributed by atoms with Crippen LogP contribution in [0.5, 0.6) is 0 Å². The third-order valence-corrected chi connectivity index (χ3v) is 24.6. The number of hydrogen-bond acceptors (Lipinski definition) is 27. The predicted molar refractivity (Wildman–Crippen MR) is 516 cm³/mol. The second-order valence-corrected chi connectivity index (χ2v) is 34.5. The van der Waals surface area contributed by atoms with Crippen molar-refractivity contribution in [3.05, 3.63) is 245 Å². The highest BCUT2D eigenvalue weighted by Crippen LogP contribution is 2.56. The summed E-state index contributed by atoms with van der Waals surface area (Å²) in [5, 5.41) is 53.6. The van der Waals surface area contributed by atoms with E-state index < -0.39 is 12.2 Å². The monoisotopic (exact) mass is 1840 g/mol. The van der Waals surface area contributed by atoms with Crippen molar-refractivity contribution in [1.82, 2.24) is 113 Å². The van der Waals surface area contributed by atoms with E-state index in [1.807, 2.05) is 168 Å². The van der Waals surface area contributed by atoms with E-state index in [1.54, 1.807) is 50.5 Å². The van der Waals surface area contributed by atoms with Gasteiger partial charge in [-0.3, -0.25) is 9.36 Å². The van der Waals surface area contributed by atoms with Crippen molar-refractivity contribution in [2.45, 2.75) is 130 Å². The van der Waals surface area contributed by atoms with E-state index in [1.165, 1.54) is 66.5 Å². The third-order valence-electron chi connectivity index (χ3n) is 24.3. The lowest BCUT2D eigenvalue weighted by Crippen LogP contribution is -2.47. The van der Waals surface area contributed by atoms with Gasteiger partial charge >= 0.3 is 12.2 Å². The zero-order valence-corrected chi connectivity index (χ0v) is 77.6. The van der Waals surface area contributed by atoms with Crippen molar-refractivity contribution >= 4 is 137 Å². The Kier molecular flexibility index (Phi) is 30.7. The lowest BCUT2D eigenvalue weighted by molar-refractivity contribution is -0.0305. The van der Waals surface area contributed by atoms with Crippen LogP contribution in [-0.4, -0.2) is 162 Å². The average molecular weight is 1850 g/mol. The van der Waals surface area contributed by atoms with Gasteiger partial charge in [0.15, 0.2) is 62.2 Å². The van der Waals surface area contributed by atoms with Gasteiger partial charge in [0.1, 0.15) is 28.9 Å². The molecule has 4 aliphatic carbocycles. The predicted octanol–water partition coefficient (Wildman–Crippen LogP) is 16.8. The number of anilines is 8. The van der Waals surface area contributed by atoms with E-state index in [-0.39, 0.29) is 47.7 Å². The van der Waals surface area contributed by atoms with Crippen molar-refractivity contribution in [3.63, 3.8) is 0 Å². The SMILES string of the molecule is CC[C@H](CO)N(C)c1nc(NCc2ccccc2)c2ncn(C(C)C)c2n1.CC[C@H](CO)Nc1nc(NCc2ccccc2)c2ccn(C)c2n1.Cc1cc(F)ccc1CNc1nc(F)nc2c1ncn2C.Cn1cc2c(NCc3ccccc3)nc(Cl)nc2n1.Cn1cnc2c(NCC3C4CC5CC(C4)CC3C5)nc(F)nc21.Cn1ncc2c(NCc3ccccc3)nc(Cl)nc21. The van der Waals surface area contributed by atoms with Gasteiger partial charge in [-0.15, -0.1) is 0 Å². The van der Waals surface area contributed by atoms with Crippen LogP contribution in [0, 0.1) is 54.5 Å². The van der Waals surface area contributed by atoms with Gasteiger partial charge in [-0.2, -0.15) is 78.8 Å². The molecule has 0 radical (unpaired) electrons. The quantitative estimate of drug-likeness (QED) is 0.0216. The Bertz CT molecular complexity index is 6650. The third kappa shape index (κ3) is 23.2. The van der Waals surface area contributed by atoms with Crippen molar-refractivity contribution in [1.29, 1.82) is 0 Å². The Labute approximate surface area is 777 Å². The number of nitrogens with zero attached hydrogens (tertiary/aromatic N) is 24. The standard InChI is InChI=1S/C20H28N6O.C18H23N5O.C17H22FN5.C14H13F2N5.2C13H12ClN5/c1-5-16(12-27)25(4)20-23-18(21-11-15-9-7-6-8-10-15)17-19(24-20)26(13-22-17)14(2)3;1-3-14(12-24)20-18-21-16(15-9-10-23(2)17(15)22-18)19-11-13-7-5-4-6-8-13;1-23-8-20-14-15(21-17(18)22-16(14)23)19-7-13-11-3-9-2-10(5-11)6-12(13)4-9;1-8-5-10(15)4-3-9(8)6-17-12-11-13(20-14(16)19-12)21(2)7-18-11;1-19-8-10-11(16-13(14)17-12(10)18-19)15-7-9-5-3-2-4-6-9;1-19-12-10(8-16-19)11(17-13(14)18-12)15-7-9-5-3-2-4-6-9/h6-10,13-14,16,27H,5,11-12H2,1-4H3,(H,21,23,24);4-10,14,24H,3,11-12H2,1-2H3,(H2,19,20,21,22);8-13H,2-7H2,1H3,(H,19,21,22);3-5,7H,6H2,1-2H3,(H,17,19,20);2-6,8H,7H2,1H3,(H,15,16,17,18);2-6,8H,7H2,1H3,(H,15,17,18)/t16-;14-;;;;/m11..../s1. The van der Waals surface area contributed by atoms with Gasteiger partial charge in [0.2, 0.25) is 22.5 Å². The molecule has 4 fully saturated rings. The summed E-state index contributed by atoms with van der Waals surface area (Å²) in [6, 6.07) is 47.3. The van der Waals surface area contributed by atoms with Gasteiger partial charge in [0.05, 0.1) is 66.6 Å². The molecule has 17 aromatic rings. The van der Waals surface area contributed by atoms with Crippen LogP contribution in [-0.2, 0) is 68.0 Å². The van der Waals surface area contributed by atoms with Gasteiger partial charge in [0.25, 0.3) is 0 Å². The maximum atomic E-state index is 13.7. The van der Waals surface area contributed by atoms with E-state index in [0.717, 1.165) is 98.6 Å². The fourth-order valence-corrected chi connectivity index (χ4v) is 17.6. The summed E-state index contributed by atoms with van der Waals surface area (Å²) >= 11 is 11.8. The molecule has 0 aliphatic heterocycles. The van der Waals surface area contributed by atoms with E-state index >= 15 is 0 Å². The number of benzene rings is 5. The fraction of sp³-hybridized carbons (Fsp3) is 0.358. The second kappa shape index (κ2) is 43.5. The molecule has 2 atom stereocenters. The summed E-state index contributed by atoms with van der Waals surface area (Å²) in [5.41, 5.74) is 12.3. The number of likely N-dealkylation sites (N-methyl/N-ethyl adjacent to an activating group) is 1. The first-order chi connectivity index (χ1) is 64.4. The highest BCUT2D eigenvalue weighted by molar-refractivity contribution is 6.29. The number of hydrogen-bond donors (Lipinski definition) is 9. The van der Waals surface area contributed by atoms with Crippen LogP contribution in [0.1, 0.15) is 112 Å². The number of aliphatic hydroxyl groups excluding tert-OH is 2. The Hall–Kier alpha value is -13.8. The summed E-state index contributed by atoms with van der Waals surface area (Å²) in [6.07, 6.45) is 17.8. The Morgan fingerprint density at radius 3 is 1.51 bits per heavy atom. The molecular formula is C95H110Cl2F3N31O2. The highest BCUT2D eigenvalue weighted by atomic mass is 35.5. The first-order valence-corrected chi connectivity index (χ1v) is 45.2. The van der Waals surface area contributed by atoms with Crippen molar-refractivity contribution in [3.8, 4) is 0 Å². The van der Waals surface area contributed by atoms with Gasteiger partial charge in [-0.05, 0) is 170 Å². The summed E-state index contributed by atoms with van der Waals surface area (Å²) in [4.78, 5) is 65.6. The number of nitrogens with one attached hydrogen (secondary N) is 7. The zero-order valence-electron chi connectivity index (χ0n) is 76.1. The first-order valence-electron chi connectivity index (χ1n) is 44.5. The summed E-state index contributed by atoms with van der Waals surface area (Å²) in [6.45, 7) is 14.2. The van der Waals surface area contributed by atoms with E-state index in [9.17, 15) is 23.4 Å². The first kappa shape index (κ1) is 93.8. The number of aryl methyl sites for hydroxylation is 6. The van der Waals surface area contributed by atoms with Crippen LogP contribution >= 0.6 is 23.2 Å². The Balaban J connectivity index is 0.000000122. The van der Waals surface area contributed by atoms with E-state index in [4.69, 9.17) is 33.2 Å². The maximum absolute atomic E-state index is 13.7. The minimum Gasteiger partial charge on any atom is -0.394 e. The van der Waals surface area contributed by atoms with Crippen LogP contribution < -0.4 is 42.1 Å². The topological polar surface area (TPSA) is 377 Å². The molecule has 4 bridgehead atoms. The van der Waals surface area contributed by atoms with Gasteiger partial charge < -0.3 is 70.6 Å². The molecule has 38 heteroatoms. The van der Waals surface area contributed by atoms with Gasteiger partial charge in [0, 0.05) is 100.0 Å². The molecule has 0 saturated heterocycles. The molecule has 4 aliphatic rings. The fourth-order valence-electron chi connectivity index (χ4n) is 17.3. The largest absolute Gasteiger partial charge is 0.394 e. The minimum absolute atomic E-state index is 0.0279. The van der Waals surface area contributed by atoms with Crippen LogP contribution in [0.25, 0.3) is 66.6 Å². The molecule has 33 nitrogen and oxygen atoms in total. The average Bonchev–Trinajstić information content (AvgIpc) is 1.76. The maximum Gasteiger partial charge on any atom is 0.312 e. The van der Waals surface area contributed by atoms with Crippen molar-refractivity contribution < 1.29 is 23.4 Å². The Morgan fingerprint density at radius 2 is 0.985 bits per heavy atom. The normalized spacial score (nSPS) is 15.7. The van der Waals surface area contributed by atoms with Gasteiger partial charge in [-0.1, -0.05) is 141 Å². The van der Waals surface area contributed by atoms with Crippen LogP contribution in [0.2, 0.25) is 10.6 Å². The summed E-state index contributed by atoms with van der Waals surface area (Å²) in [5.74, 6) is 8.97. The molecule has 0 amide bonds. The molecule has 0 spiro atoms. The molecule has 21 rings (SSSR count).